The minimum Gasteiger partial charge on any atom is -0.496 e. The second-order valence-corrected chi connectivity index (χ2v) is 9.52. The summed E-state index contributed by atoms with van der Waals surface area (Å²) in [4.78, 5) is 3.95. The molecule has 3 heterocycles. The highest BCUT2D eigenvalue weighted by Crippen LogP contribution is 2.36. The Kier molecular flexibility index (Phi) is 6.49. The Morgan fingerprint density at radius 1 is 1.00 bits per heavy atom. The Balaban J connectivity index is 1.45. The molecule has 0 aliphatic heterocycles. The number of nitrogens with one attached hydrogen (secondary N) is 1. The molecule has 0 radical (unpaired) electrons. The van der Waals surface area contributed by atoms with E-state index < -0.39 is 10.0 Å². The molecule has 0 amide bonds. The minimum atomic E-state index is -4.10. The zero-order chi connectivity index (χ0) is 25.8. The Bertz CT molecular complexity index is 1720. The Morgan fingerprint density at radius 3 is 2.57 bits per heavy atom. The number of rotatable bonds is 7. The Morgan fingerprint density at radius 2 is 1.84 bits per heavy atom. The third-order valence-corrected chi connectivity index (χ3v) is 6.80. The van der Waals surface area contributed by atoms with Crippen LogP contribution in [-0.2, 0) is 16.6 Å². The summed E-state index contributed by atoms with van der Waals surface area (Å²) < 4.78 is 47.2. The van der Waals surface area contributed by atoms with Crippen LogP contribution in [0.1, 0.15) is 16.7 Å². The number of sulfonamides is 1. The van der Waals surface area contributed by atoms with Gasteiger partial charge in [-0.2, -0.15) is 5.10 Å². The lowest BCUT2D eigenvalue weighted by molar-refractivity contribution is 0.402. The monoisotopic (exact) mass is 515 g/mol. The van der Waals surface area contributed by atoms with E-state index in [4.69, 9.17) is 14.0 Å². The molecule has 5 aromatic rings. The van der Waals surface area contributed by atoms with Crippen molar-refractivity contribution < 1.29 is 22.4 Å². The zero-order valence-corrected chi connectivity index (χ0v) is 20.7. The van der Waals surface area contributed by atoms with Gasteiger partial charge in [0.15, 0.2) is 11.4 Å². The number of ether oxygens (including phenoxy) is 2. The van der Waals surface area contributed by atoms with Crippen molar-refractivity contribution in [2.24, 2.45) is 0 Å². The molecule has 186 valence electrons. The normalized spacial score (nSPS) is 11.1. The van der Waals surface area contributed by atoms with E-state index in [2.05, 4.69) is 31.8 Å². The highest BCUT2D eigenvalue weighted by Gasteiger charge is 2.24. The van der Waals surface area contributed by atoms with E-state index in [1.807, 2.05) is 18.3 Å². The molecule has 0 aliphatic rings. The van der Waals surface area contributed by atoms with Gasteiger partial charge in [-0.25, -0.2) is 8.42 Å². The highest BCUT2D eigenvalue weighted by atomic mass is 32.2. The molecule has 37 heavy (non-hydrogen) atoms. The van der Waals surface area contributed by atoms with Gasteiger partial charge in [-0.1, -0.05) is 17.0 Å². The first-order valence-corrected chi connectivity index (χ1v) is 12.5. The molecule has 0 atom stereocenters. The molecular weight excluding hydrogens is 494 g/mol. The Hall–Kier alpha value is -4.82. The summed E-state index contributed by atoms with van der Waals surface area (Å²) in [5.41, 5.74) is 2.54. The van der Waals surface area contributed by atoms with Crippen LogP contribution >= 0.6 is 0 Å². The summed E-state index contributed by atoms with van der Waals surface area (Å²) >= 11 is 0. The lowest BCUT2D eigenvalue weighted by Crippen LogP contribution is -2.14. The molecule has 0 aliphatic carbocycles. The maximum Gasteiger partial charge on any atom is 0.266 e. The summed E-state index contributed by atoms with van der Waals surface area (Å²) in [5, 5.41) is 8.55. The number of anilines is 1. The second kappa shape index (κ2) is 10.0. The molecule has 3 aromatic heterocycles. The SMILES string of the molecule is COc1cc(C#Cc2cccnc2)ccc1S(=O)(=O)Nc1noc2cc(Cn3cccn3)cc(OC)c12. The minimum absolute atomic E-state index is 0.0000111. The van der Waals surface area contributed by atoms with E-state index in [1.165, 1.54) is 20.3 Å². The molecule has 0 saturated heterocycles. The van der Waals surface area contributed by atoms with Crippen LogP contribution in [0.4, 0.5) is 5.82 Å². The molecule has 10 nitrogen and oxygen atoms in total. The van der Waals surface area contributed by atoms with Gasteiger partial charge in [-0.15, -0.1) is 0 Å². The number of fused-ring (bicyclic) bond motifs is 1. The largest absolute Gasteiger partial charge is 0.496 e. The maximum absolute atomic E-state index is 13.3. The fraction of sp³-hybridized carbons (Fsp3) is 0.115. The first kappa shape index (κ1) is 23.9. The topological polar surface area (TPSA) is 121 Å². The molecule has 2 aromatic carbocycles. The van der Waals surface area contributed by atoms with Crippen LogP contribution in [0.5, 0.6) is 11.5 Å². The van der Waals surface area contributed by atoms with Crippen LogP contribution in [0.25, 0.3) is 11.0 Å². The van der Waals surface area contributed by atoms with Crippen LogP contribution in [0.3, 0.4) is 0 Å². The number of hydrogen-bond acceptors (Lipinski definition) is 8. The number of aromatic nitrogens is 4. The molecule has 0 unspecified atom stereocenters. The molecule has 11 heteroatoms. The van der Waals surface area contributed by atoms with Gasteiger partial charge in [0.25, 0.3) is 10.0 Å². The average molecular weight is 516 g/mol. The van der Waals surface area contributed by atoms with Crippen LogP contribution in [0, 0.1) is 11.8 Å². The smallest absolute Gasteiger partial charge is 0.266 e. The molecule has 5 rings (SSSR count). The number of hydrogen-bond donors (Lipinski definition) is 1. The number of benzene rings is 2. The van der Waals surface area contributed by atoms with E-state index in [-0.39, 0.29) is 16.5 Å². The van der Waals surface area contributed by atoms with Crippen LogP contribution in [0.15, 0.2) is 82.7 Å². The third-order valence-electron chi connectivity index (χ3n) is 5.42. The third kappa shape index (κ3) is 5.10. The van der Waals surface area contributed by atoms with E-state index in [0.29, 0.717) is 28.8 Å². The van der Waals surface area contributed by atoms with E-state index >= 15 is 0 Å². The first-order chi connectivity index (χ1) is 18.0. The molecule has 0 fully saturated rings. The molecule has 0 spiro atoms. The van der Waals surface area contributed by atoms with Crippen molar-refractivity contribution in [3.63, 3.8) is 0 Å². The summed E-state index contributed by atoms with van der Waals surface area (Å²) in [6.07, 6.45) is 6.82. The number of nitrogens with zero attached hydrogens (tertiary/aromatic N) is 4. The van der Waals surface area contributed by atoms with Crippen molar-refractivity contribution in [1.82, 2.24) is 19.9 Å². The van der Waals surface area contributed by atoms with Gasteiger partial charge in [0.1, 0.15) is 21.8 Å². The van der Waals surface area contributed by atoms with Gasteiger partial charge >= 0.3 is 0 Å². The zero-order valence-electron chi connectivity index (χ0n) is 19.9. The quantitative estimate of drug-likeness (QED) is 0.326. The van der Waals surface area contributed by atoms with Crippen LogP contribution < -0.4 is 14.2 Å². The van der Waals surface area contributed by atoms with Crippen molar-refractivity contribution in [2.45, 2.75) is 11.4 Å². The number of pyridine rings is 1. The predicted octanol–water partition coefficient (Wildman–Crippen LogP) is 3.69. The lowest BCUT2D eigenvalue weighted by atomic mass is 10.1. The van der Waals surface area contributed by atoms with Crippen molar-refractivity contribution in [2.75, 3.05) is 18.9 Å². The molecule has 0 bridgehead atoms. The van der Waals surface area contributed by atoms with Crippen molar-refractivity contribution in [3.8, 4) is 23.3 Å². The van der Waals surface area contributed by atoms with Crippen LogP contribution in [-0.4, -0.2) is 42.6 Å². The standard InChI is InChI=1S/C26H21N5O5S/c1-34-21-13-18(6-7-19-5-3-10-27-16-19)8-9-24(21)37(32,33)30-26-25-22(35-2)14-20(15-23(25)36-29-26)17-31-12-4-11-28-31/h3-5,8-16H,17H2,1-2H3,(H,29,30). The maximum atomic E-state index is 13.3. The lowest BCUT2D eigenvalue weighted by Gasteiger charge is -2.11. The van der Waals surface area contributed by atoms with Crippen molar-refractivity contribution in [1.29, 1.82) is 0 Å². The van der Waals surface area contributed by atoms with Gasteiger partial charge in [-0.05, 0) is 54.1 Å². The van der Waals surface area contributed by atoms with E-state index in [9.17, 15) is 8.42 Å². The van der Waals surface area contributed by atoms with Gasteiger partial charge in [0, 0.05) is 35.9 Å². The van der Waals surface area contributed by atoms with E-state index in [1.54, 1.807) is 53.6 Å². The van der Waals surface area contributed by atoms with Gasteiger partial charge in [-0.3, -0.25) is 14.4 Å². The first-order valence-electron chi connectivity index (χ1n) is 11.0. The molecule has 0 saturated carbocycles. The molecule has 1 N–H and O–H groups in total. The fourth-order valence-corrected chi connectivity index (χ4v) is 4.88. The van der Waals surface area contributed by atoms with Crippen molar-refractivity contribution in [3.05, 3.63) is 90.0 Å². The fourth-order valence-electron chi connectivity index (χ4n) is 3.72. The second-order valence-electron chi connectivity index (χ2n) is 7.87. The van der Waals surface area contributed by atoms with E-state index in [0.717, 1.165) is 11.1 Å². The average Bonchev–Trinajstić information content (AvgIpc) is 3.57. The van der Waals surface area contributed by atoms with Gasteiger partial charge < -0.3 is 14.0 Å². The van der Waals surface area contributed by atoms with Gasteiger partial charge in [0.2, 0.25) is 0 Å². The van der Waals surface area contributed by atoms with Crippen molar-refractivity contribution >= 4 is 26.8 Å². The predicted molar refractivity (Wildman–Crippen MR) is 136 cm³/mol. The summed E-state index contributed by atoms with van der Waals surface area (Å²) in [5.74, 6) is 6.51. The summed E-state index contributed by atoms with van der Waals surface area (Å²) in [6.45, 7) is 0.480. The van der Waals surface area contributed by atoms with Gasteiger partial charge in [0.05, 0.1) is 20.8 Å². The summed E-state index contributed by atoms with van der Waals surface area (Å²) in [7, 11) is -1.22. The highest BCUT2D eigenvalue weighted by molar-refractivity contribution is 7.92. The summed E-state index contributed by atoms with van der Waals surface area (Å²) in [6, 6.07) is 13.6. The number of methoxy groups -OCH3 is 2. The molecular formula is C26H21N5O5S. The Labute approximate surface area is 212 Å². The van der Waals surface area contributed by atoms with Crippen LogP contribution in [0.2, 0.25) is 0 Å².